The van der Waals surface area contributed by atoms with Gasteiger partial charge in [-0.3, -0.25) is 9.59 Å². The number of hydrogen-bond donors (Lipinski definition) is 0. The molecule has 0 unspecified atom stereocenters. The maximum absolute atomic E-state index is 12.4. The first kappa shape index (κ1) is 17.7. The highest BCUT2D eigenvalue weighted by molar-refractivity contribution is 7.07. The summed E-state index contributed by atoms with van der Waals surface area (Å²) >= 11 is 1.07. The molecule has 0 saturated heterocycles. The SMILES string of the molecule is CCOC(=O)C(C=O)=c1sc(=Cc2ccc(OC)cc2)c(=O)n1C. The molecular weight excluding hydrogens is 330 g/mol. The average Bonchev–Trinajstić information content (AvgIpc) is 2.85. The van der Waals surface area contributed by atoms with Crippen LogP contribution in [0.15, 0.2) is 29.1 Å². The quantitative estimate of drug-likeness (QED) is 0.439. The smallest absolute Gasteiger partial charge is 0.344 e. The highest BCUT2D eigenvalue weighted by Crippen LogP contribution is 2.11. The molecule has 1 aromatic heterocycles. The van der Waals surface area contributed by atoms with E-state index in [1.165, 1.54) is 11.6 Å². The Labute approximate surface area is 142 Å². The van der Waals surface area contributed by atoms with Crippen molar-refractivity contribution < 1.29 is 19.1 Å². The first-order valence-electron chi connectivity index (χ1n) is 7.20. The summed E-state index contributed by atoms with van der Waals surface area (Å²) in [6.45, 7) is 1.80. The summed E-state index contributed by atoms with van der Waals surface area (Å²) in [7, 11) is 3.09. The number of esters is 1. The lowest BCUT2D eigenvalue weighted by atomic mass is 10.2. The third-order valence-corrected chi connectivity index (χ3v) is 4.48. The third kappa shape index (κ3) is 3.62. The number of carbonyl (C=O) groups is 2. The van der Waals surface area contributed by atoms with Crippen LogP contribution >= 0.6 is 11.3 Å². The number of carbonyl (C=O) groups excluding carboxylic acids is 2. The number of nitrogens with zero attached hydrogens (tertiary/aromatic N) is 1. The molecule has 2 rings (SSSR count). The summed E-state index contributed by atoms with van der Waals surface area (Å²) in [6, 6.07) is 7.19. The van der Waals surface area contributed by atoms with Gasteiger partial charge in [-0.2, -0.15) is 0 Å². The predicted octanol–water partition coefficient (Wildman–Crippen LogP) is 0.197. The van der Waals surface area contributed by atoms with Crippen molar-refractivity contribution >= 4 is 35.2 Å². The van der Waals surface area contributed by atoms with Gasteiger partial charge in [0.2, 0.25) is 0 Å². The van der Waals surface area contributed by atoms with Crippen molar-refractivity contribution in [2.24, 2.45) is 7.05 Å². The van der Waals surface area contributed by atoms with Crippen LogP contribution in [0.2, 0.25) is 0 Å². The molecule has 6 nitrogen and oxygen atoms in total. The van der Waals surface area contributed by atoms with Crippen LogP contribution in [0.25, 0.3) is 11.6 Å². The van der Waals surface area contributed by atoms with Gasteiger partial charge >= 0.3 is 5.97 Å². The molecule has 0 amide bonds. The zero-order valence-electron chi connectivity index (χ0n) is 13.6. The van der Waals surface area contributed by atoms with Crippen molar-refractivity contribution in [3.8, 4) is 5.75 Å². The van der Waals surface area contributed by atoms with Crippen LogP contribution in [-0.4, -0.2) is 30.5 Å². The molecule has 7 heteroatoms. The van der Waals surface area contributed by atoms with E-state index in [9.17, 15) is 14.4 Å². The second kappa shape index (κ2) is 7.74. The van der Waals surface area contributed by atoms with Gasteiger partial charge in [-0.25, -0.2) is 4.79 Å². The lowest BCUT2D eigenvalue weighted by Crippen LogP contribution is -2.31. The van der Waals surface area contributed by atoms with E-state index in [0.717, 1.165) is 16.9 Å². The van der Waals surface area contributed by atoms with Crippen LogP contribution in [0.5, 0.6) is 5.75 Å². The minimum atomic E-state index is -0.736. The van der Waals surface area contributed by atoms with E-state index in [1.807, 2.05) is 12.1 Å². The van der Waals surface area contributed by atoms with Crippen LogP contribution in [0.3, 0.4) is 0 Å². The maximum atomic E-state index is 12.4. The fourth-order valence-corrected chi connectivity index (χ4v) is 3.14. The number of methoxy groups -OCH3 is 1. The molecule has 0 aliphatic heterocycles. The van der Waals surface area contributed by atoms with Crippen LogP contribution in [0.4, 0.5) is 0 Å². The molecule has 0 aliphatic carbocycles. The molecular formula is C17H17NO5S. The van der Waals surface area contributed by atoms with Crippen molar-refractivity contribution in [1.29, 1.82) is 0 Å². The number of hydrogen-bond acceptors (Lipinski definition) is 6. The summed E-state index contributed by atoms with van der Waals surface area (Å²) in [5, 5.41) is 0. The Morgan fingerprint density at radius 2 is 1.96 bits per heavy atom. The molecule has 1 aromatic carbocycles. The Bertz CT molecular complexity index is 921. The summed E-state index contributed by atoms with van der Waals surface area (Å²) in [4.78, 5) is 35.5. The molecule has 24 heavy (non-hydrogen) atoms. The zero-order valence-corrected chi connectivity index (χ0v) is 14.4. The Kier molecular flexibility index (Phi) is 5.70. The number of aromatic nitrogens is 1. The van der Waals surface area contributed by atoms with Crippen molar-refractivity contribution in [2.75, 3.05) is 13.7 Å². The normalized spacial score (nSPS) is 12.7. The van der Waals surface area contributed by atoms with Crippen LogP contribution in [0.1, 0.15) is 12.5 Å². The van der Waals surface area contributed by atoms with E-state index in [0.29, 0.717) is 16.6 Å². The summed E-state index contributed by atoms with van der Waals surface area (Å²) < 4.78 is 11.9. The standard InChI is InChI=1S/C17H17NO5S/c1-4-23-17(21)13(10-19)16-18(2)15(20)14(24-16)9-11-5-7-12(22-3)8-6-11/h5-10H,4H2,1-3H3. The highest BCUT2D eigenvalue weighted by Gasteiger charge is 2.14. The molecule has 0 N–H and O–H groups in total. The number of benzene rings is 1. The number of thiazole rings is 1. The van der Waals surface area contributed by atoms with Crippen molar-refractivity contribution in [2.45, 2.75) is 6.92 Å². The van der Waals surface area contributed by atoms with Gasteiger partial charge in [0.1, 0.15) is 16.0 Å². The summed E-state index contributed by atoms with van der Waals surface area (Å²) in [6.07, 6.45) is 2.12. The lowest BCUT2D eigenvalue weighted by molar-refractivity contribution is -0.136. The number of rotatable bonds is 5. The van der Waals surface area contributed by atoms with E-state index < -0.39 is 5.97 Å². The van der Waals surface area contributed by atoms with Crippen LogP contribution in [0, 0.1) is 0 Å². The van der Waals surface area contributed by atoms with Gasteiger partial charge in [-0.15, -0.1) is 11.3 Å². The Balaban J connectivity index is 2.62. The van der Waals surface area contributed by atoms with Gasteiger partial charge in [0.05, 0.1) is 18.2 Å². The molecule has 0 bridgehead atoms. The zero-order chi connectivity index (χ0) is 17.7. The topological polar surface area (TPSA) is 74.6 Å². The lowest BCUT2D eigenvalue weighted by Gasteiger charge is -1.99. The minimum Gasteiger partial charge on any atom is -0.497 e. The van der Waals surface area contributed by atoms with Crippen LogP contribution < -0.4 is 19.5 Å². The molecule has 0 fully saturated rings. The molecule has 0 aliphatic rings. The fourth-order valence-electron chi connectivity index (χ4n) is 2.05. The first-order chi connectivity index (χ1) is 11.5. The Hall–Kier alpha value is -2.67. The summed E-state index contributed by atoms with van der Waals surface area (Å²) in [5.74, 6) is -0.0221. The second-order valence-electron chi connectivity index (χ2n) is 4.81. The van der Waals surface area contributed by atoms with E-state index in [1.54, 1.807) is 32.2 Å². The predicted molar refractivity (Wildman–Crippen MR) is 91.5 cm³/mol. The van der Waals surface area contributed by atoms with Gasteiger partial charge in [0, 0.05) is 7.05 Å². The number of aldehydes is 1. The van der Waals surface area contributed by atoms with E-state index >= 15 is 0 Å². The van der Waals surface area contributed by atoms with Gasteiger partial charge in [0.25, 0.3) is 5.56 Å². The van der Waals surface area contributed by atoms with E-state index in [4.69, 9.17) is 9.47 Å². The van der Waals surface area contributed by atoms with Gasteiger partial charge in [-0.05, 0) is 30.7 Å². The van der Waals surface area contributed by atoms with Gasteiger partial charge in [0.15, 0.2) is 6.29 Å². The molecule has 126 valence electrons. The molecule has 1 heterocycles. The maximum Gasteiger partial charge on any atom is 0.344 e. The molecule has 0 atom stereocenters. The van der Waals surface area contributed by atoms with Crippen LogP contribution in [-0.2, 0) is 21.4 Å². The molecule has 0 radical (unpaired) electrons. The number of ether oxygens (including phenoxy) is 2. The fraction of sp³-hybridized carbons (Fsp3) is 0.235. The molecule has 0 saturated carbocycles. The Morgan fingerprint density at radius 1 is 1.29 bits per heavy atom. The molecule has 2 aromatic rings. The van der Waals surface area contributed by atoms with Gasteiger partial charge < -0.3 is 14.0 Å². The van der Waals surface area contributed by atoms with Crippen molar-refractivity contribution in [1.82, 2.24) is 4.57 Å². The van der Waals surface area contributed by atoms with E-state index in [-0.39, 0.29) is 22.4 Å². The third-order valence-electron chi connectivity index (χ3n) is 3.28. The minimum absolute atomic E-state index is 0.153. The largest absolute Gasteiger partial charge is 0.497 e. The second-order valence-corrected chi connectivity index (χ2v) is 5.84. The summed E-state index contributed by atoms with van der Waals surface area (Å²) in [5.41, 5.74) is 0.371. The van der Waals surface area contributed by atoms with Crippen molar-refractivity contribution in [3.63, 3.8) is 0 Å². The van der Waals surface area contributed by atoms with E-state index in [2.05, 4.69) is 0 Å². The monoisotopic (exact) mass is 347 g/mol. The Morgan fingerprint density at radius 3 is 2.50 bits per heavy atom. The first-order valence-corrected chi connectivity index (χ1v) is 8.01. The molecule has 0 spiro atoms. The van der Waals surface area contributed by atoms with Gasteiger partial charge in [-0.1, -0.05) is 12.1 Å². The average molecular weight is 347 g/mol. The highest BCUT2D eigenvalue weighted by atomic mass is 32.1. The van der Waals surface area contributed by atoms with Crippen molar-refractivity contribution in [3.05, 3.63) is 49.4 Å².